The third-order valence-corrected chi connectivity index (χ3v) is 5.02. The van der Waals surface area contributed by atoms with E-state index in [1.807, 2.05) is 5.01 Å². The molecule has 138 valence electrons. The Kier molecular flexibility index (Phi) is 6.71. The standard InChI is InChI=1S/C15H22N4O4S2/c1-9-10(14(21)22-4)12(25-11(9)13(20)18(2)3)16-15(24)17-19-5-7-23-8-6-19/h5-8H2,1-4H3,(H2,16,17,24). The Morgan fingerprint density at radius 3 is 2.52 bits per heavy atom. The number of morpholine rings is 1. The van der Waals surface area contributed by atoms with Crippen LogP contribution in [0.15, 0.2) is 0 Å². The first-order valence-corrected chi connectivity index (χ1v) is 8.91. The van der Waals surface area contributed by atoms with E-state index in [-0.39, 0.29) is 5.91 Å². The molecule has 0 aromatic carbocycles. The minimum absolute atomic E-state index is 0.173. The fourth-order valence-electron chi connectivity index (χ4n) is 2.31. The summed E-state index contributed by atoms with van der Waals surface area (Å²) in [4.78, 5) is 26.4. The number of carbonyl (C=O) groups is 2. The van der Waals surface area contributed by atoms with Crippen molar-refractivity contribution in [1.82, 2.24) is 15.3 Å². The van der Waals surface area contributed by atoms with Crippen LogP contribution >= 0.6 is 23.6 Å². The van der Waals surface area contributed by atoms with Gasteiger partial charge in [0.25, 0.3) is 5.91 Å². The number of thiophene rings is 1. The zero-order valence-electron chi connectivity index (χ0n) is 14.7. The highest BCUT2D eigenvalue weighted by atomic mass is 32.1. The van der Waals surface area contributed by atoms with Gasteiger partial charge in [-0.05, 0) is 24.7 Å². The van der Waals surface area contributed by atoms with Gasteiger partial charge >= 0.3 is 5.97 Å². The second-order valence-corrected chi connectivity index (χ2v) is 7.05. The van der Waals surface area contributed by atoms with Gasteiger partial charge in [-0.15, -0.1) is 11.3 Å². The van der Waals surface area contributed by atoms with Gasteiger partial charge in [0.15, 0.2) is 5.11 Å². The highest BCUT2D eigenvalue weighted by Gasteiger charge is 2.26. The number of anilines is 1. The molecule has 1 aromatic rings. The van der Waals surface area contributed by atoms with E-state index in [9.17, 15) is 9.59 Å². The van der Waals surface area contributed by atoms with Crippen LogP contribution in [0.4, 0.5) is 5.00 Å². The molecule has 1 amide bonds. The summed E-state index contributed by atoms with van der Waals surface area (Å²) in [5.74, 6) is -0.684. The lowest BCUT2D eigenvalue weighted by Crippen LogP contribution is -2.49. The number of carbonyl (C=O) groups excluding carboxylic acids is 2. The molecule has 1 aliphatic heterocycles. The van der Waals surface area contributed by atoms with Gasteiger partial charge in [0.05, 0.1) is 30.8 Å². The summed E-state index contributed by atoms with van der Waals surface area (Å²) in [6, 6.07) is 0. The number of rotatable bonds is 4. The van der Waals surface area contributed by atoms with Crippen LogP contribution in [-0.4, -0.2) is 74.4 Å². The lowest BCUT2D eigenvalue weighted by atomic mass is 10.1. The van der Waals surface area contributed by atoms with Crippen molar-refractivity contribution in [3.8, 4) is 0 Å². The molecule has 1 fully saturated rings. The first kappa shape index (κ1) is 19.6. The van der Waals surface area contributed by atoms with Gasteiger partial charge in [-0.1, -0.05) is 0 Å². The molecule has 8 nitrogen and oxygen atoms in total. The predicted molar refractivity (Wildman–Crippen MR) is 100 cm³/mol. The van der Waals surface area contributed by atoms with Crippen molar-refractivity contribution in [3.05, 3.63) is 16.0 Å². The van der Waals surface area contributed by atoms with Crippen LogP contribution in [0, 0.1) is 6.92 Å². The number of thiocarbonyl (C=S) groups is 1. The zero-order valence-corrected chi connectivity index (χ0v) is 16.3. The molecular weight excluding hydrogens is 364 g/mol. The topological polar surface area (TPSA) is 83.1 Å². The highest BCUT2D eigenvalue weighted by Crippen LogP contribution is 2.34. The number of hydrogen-bond donors (Lipinski definition) is 2. The Labute approximate surface area is 156 Å². The van der Waals surface area contributed by atoms with Crippen LogP contribution in [0.25, 0.3) is 0 Å². The van der Waals surface area contributed by atoms with Crippen molar-refractivity contribution in [2.75, 3.05) is 52.8 Å². The third-order valence-electron chi connectivity index (χ3n) is 3.63. The molecule has 2 heterocycles. The summed E-state index contributed by atoms with van der Waals surface area (Å²) in [6.07, 6.45) is 0. The monoisotopic (exact) mass is 386 g/mol. The lowest BCUT2D eigenvalue weighted by molar-refractivity contribution is 0.0252. The van der Waals surface area contributed by atoms with Crippen molar-refractivity contribution in [3.63, 3.8) is 0 Å². The molecule has 0 bridgehead atoms. The van der Waals surface area contributed by atoms with Gasteiger partial charge in [-0.3, -0.25) is 10.2 Å². The quantitative estimate of drug-likeness (QED) is 0.588. The van der Waals surface area contributed by atoms with Crippen molar-refractivity contribution in [2.45, 2.75) is 6.92 Å². The summed E-state index contributed by atoms with van der Waals surface area (Å²) in [5, 5.41) is 5.78. The maximum atomic E-state index is 12.3. The average Bonchev–Trinajstić information content (AvgIpc) is 2.90. The molecule has 0 atom stereocenters. The van der Waals surface area contributed by atoms with Crippen molar-refractivity contribution in [2.24, 2.45) is 0 Å². The van der Waals surface area contributed by atoms with Gasteiger partial charge in [0, 0.05) is 27.2 Å². The summed E-state index contributed by atoms with van der Waals surface area (Å²) in [5.41, 5.74) is 3.96. The average molecular weight is 386 g/mol. The van der Waals surface area contributed by atoms with E-state index < -0.39 is 5.97 Å². The van der Waals surface area contributed by atoms with Gasteiger partial charge in [-0.2, -0.15) is 0 Å². The molecule has 0 radical (unpaired) electrons. The van der Waals surface area contributed by atoms with Gasteiger partial charge in [0.2, 0.25) is 0 Å². The van der Waals surface area contributed by atoms with E-state index in [0.717, 1.165) is 0 Å². The number of nitrogens with one attached hydrogen (secondary N) is 2. The maximum absolute atomic E-state index is 12.3. The van der Waals surface area contributed by atoms with Crippen LogP contribution < -0.4 is 10.7 Å². The first-order chi connectivity index (χ1) is 11.8. The van der Waals surface area contributed by atoms with E-state index in [1.54, 1.807) is 21.0 Å². The molecule has 0 unspecified atom stereocenters. The van der Waals surface area contributed by atoms with Crippen LogP contribution in [-0.2, 0) is 9.47 Å². The number of amides is 1. The van der Waals surface area contributed by atoms with E-state index in [2.05, 4.69) is 10.7 Å². The summed E-state index contributed by atoms with van der Waals surface area (Å²) < 4.78 is 10.1. The maximum Gasteiger partial charge on any atom is 0.341 e. The van der Waals surface area contributed by atoms with Crippen LogP contribution in [0.3, 0.4) is 0 Å². The summed E-state index contributed by atoms with van der Waals surface area (Å²) in [7, 11) is 4.63. The van der Waals surface area contributed by atoms with Gasteiger partial charge in [-0.25, -0.2) is 9.80 Å². The minimum atomic E-state index is -0.511. The normalized spacial score (nSPS) is 14.7. The van der Waals surface area contributed by atoms with Gasteiger partial charge in [0.1, 0.15) is 5.00 Å². The number of methoxy groups -OCH3 is 1. The predicted octanol–water partition coefficient (Wildman–Crippen LogP) is 1.08. The second kappa shape index (κ2) is 8.56. The Morgan fingerprint density at radius 1 is 1.32 bits per heavy atom. The van der Waals surface area contributed by atoms with Crippen LogP contribution in [0.2, 0.25) is 0 Å². The largest absolute Gasteiger partial charge is 0.465 e. The molecule has 1 aromatic heterocycles. The van der Waals surface area contributed by atoms with Crippen LogP contribution in [0.1, 0.15) is 25.6 Å². The molecule has 0 saturated carbocycles. The van der Waals surface area contributed by atoms with E-state index in [1.165, 1.54) is 23.3 Å². The van der Waals surface area contributed by atoms with E-state index in [4.69, 9.17) is 21.7 Å². The molecule has 10 heteroatoms. The Balaban J connectivity index is 2.22. The molecule has 2 N–H and O–H groups in total. The molecule has 0 aliphatic carbocycles. The fourth-order valence-corrected chi connectivity index (χ4v) is 3.82. The Bertz CT molecular complexity index is 669. The molecule has 25 heavy (non-hydrogen) atoms. The van der Waals surface area contributed by atoms with Gasteiger partial charge < -0.3 is 19.7 Å². The number of ether oxygens (including phenoxy) is 2. The van der Waals surface area contributed by atoms with E-state index >= 15 is 0 Å². The number of esters is 1. The van der Waals surface area contributed by atoms with Crippen molar-refractivity contribution < 1.29 is 19.1 Å². The summed E-state index contributed by atoms with van der Waals surface area (Å²) in [6.45, 7) is 4.40. The smallest absolute Gasteiger partial charge is 0.341 e. The third kappa shape index (κ3) is 4.66. The van der Waals surface area contributed by atoms with Crippen LogP contribution in [0.5, 0.6) is 0 Å². The Hall–Kier alpha value is -1.75. The molecular formula is C15H22N4O4S2. The number of hydrazine groups is 1. The Morgan fingerprint density at radius 2 is 1.96 bits per heavy atom. The molecule has 1 saturated heterocycles. The summed E-state index contributed by atoms with van der Waals surface area (Å²) >= 11 is 6.51. The molecule has 2 rings (SSSR count). The number of hydrogen-bond acceptors (Lipinski definition) is 7. The number of nitrogens with zero attached hydrogens (tertiary/aromatic N) is 2. The second-order valence-electron chi connectivity index (χ2n) is 5.62. The van der Waals surface area contributed by atoms with Crippen molar-refractivity contribution >= 4 is 45.5 Å². The molecule has 0 spiro atoms. The molecule has 1 aliphatic rings. The van der Waals surface area contributed by atoms with Crippen molar-refractivity contribution in [1.29, 1.82) is 0 Å². The fraction of sp³-hybridized carbons (Fsp3) is 0.533. The minimum Gasteiger partial charge on any atom is -0.465 e. The SMILES string of the molecule is COC(=O)c1c(NC(=S)NN2CCOCC2)sc(C(=O)N(C)C)c1C. The highest BCUT2D eigenvalue weighted by molar-refractivity contribution is 7.80. The zero-order chi connectivity index (χ0) is 18.6. The first-order valence-electron chi connectivity index (χ1n) is 7.68. The van der Waals surface area contributed by atoms with E-state index in [0.29, 0.717) is 52.4 Å². The lowest BCUT2D eigenvalue weighted by Gasteiger charge is -2.28.